The fourth-order valence-electron chi connectivity index (χ4n) is 1.58. The van der Waals surface area contributed by atoms with Gasteiger partial charge < -0.3 is 0 Å². The molecule has 0 aromatic heterocycles. The molecule has 1 aliphatic rings. The van der Waals surface area contributed by atoms with Gasteiger partial charge in [-0.25, -0.2) is 0 Å². The van der Waals surface area contributed by atoms with Gasteiger partial charge >= 0.3 is 0 Å². The third-order valence-corrected chi connectivity index (χ3v) is 2.58. The molecule has 1 aromatic carbocycles. The maximum Gasteiger partial charge on any atom is 0.193 e. The SMILES string of the molecule is C=CC1=CCc2ccc(Cl)cc2C1=O. The maximum absolute atomic E-state index is 11.8. The van der Waals surface area contributed by atoms with E-state index < -0.39 is 0 Å². The van der Waals surface area contributed by atoms with E-state index >= 15 is 0 Å². The van der Waals surface area contributed by atoms with Gasteiger partial charge in [0.1, 0.15) is 0 Å². The number of allylic oxidation sites excluding steroid dienone is 3. The Morgan fingerprint density at radius 3 is 2.93 bits per heavy atom. The zero-order chi connectivity index (χ0) is 10.1. The third kappa shape index (κ3) is 1.40. The minimum atomic E-state index is 0.0174. The van der Waals surface area contributed by atoms with Crippen LogP contribution in [0.3, 0.4) is 0 Å². The second kappa shape index (κ2) is 3.43. The van der Waals surface area contributed by atoms with Crippen LogP contribution in [-0.2, 0) is 6.42 Å². The Kier molecular flexibility index (Phi) is 2.26. The summed E-state index contributed by atoms with van der Waals surface area (Å²) in [6, 6.07) is 5.42. The predicted octanol–water partition coefficient (Wildman–Crippen LogP) is 3.19. The van der Waals surface area contributed by atoms with E-state index in [1.807, 2.05) is 12.1 Å². The number of rotatable bonds is 1. The summed E-state index contributed by atoms with van der Waals surface area (Å²) in [5, 5.41) is 0.599. The van der Waals surface area contributed by atoms with E-state index in [-0.39, 0.29) is 5.78 Å². The maximum atomic E-state index is 11.8. The van der Waals surface area contributed by atoms with Gasteiger partial charge in [0.15, 0.2) is 5.78 Å². The van der Waals surface area contributed by atoms with Gasteiger partial charge in [0.2, 0.25) is 0 Å². The molecular formula is C12H9ClO. The monoisotopic (exact) mass is 204 g/mol. The summed E-state index contributed by atoms with van der Waals surface area (Å²) < 4.78 is 0. The first kappa shape index (κ1) is 9.22. The van der Waals surface area contributed by atoms with Crippen molar-refractivity contribution in [3.63, 3.8) is 0 Å². The fraction of sp³-hybridized carbons (Fsp3) is 0.0833. The lowest BCUT2D eigenvalue weighted by atomic mass is 9.90. The minimum absolute atomic E-state index is 0.0174. The molecule has 1 aliphatic carbocycles. The van der Waals surface area contributed by atoms with E-state index in [0.29, 0.717) is 16.2 Å². The van der Waals surface area contributed by atoms with Gasteiger partial charge in [-0.05, 0) is 24.1 Å². The number of benzene rings is 1. The van der Waals surface area contributed by atoms with Crippen LogP contribution in [0.15, 0.2) is 42.5 Å². The Morgan fingerprint density at radius 1 is 1.43 bits per heavy atom. The minimum Gasteiger partial charge on any atom is -0.289 e. The molecule has 0 fully saturated rings. The van der Waals surface area contributed by atoms with Crippen LogP contribution in [0.5, 0.6) is 0 Å². The molecule has 0 aliphatic heterocycles. The van der Waals surface area contributed by atoms with Crippen molar-refractivity contribution in [1.82, 2.24) is 0 Å². The largest absolute Gasteiger partial charge is 0.289 e. The number of carbonyl (C=O) groups is 1. The van der Waals surface area contributed by atoms with Gasteiger partial charge in [-0.2, -0.15) is 0 Å². The van der Waals surface area contributed by atoms with Crippen LogP contribution in [0.25, 0.3) is 0 Å². The molecule has 0 spiro atoms. The molecule has 70 valence electrons. The highest BCUT2D eigenvalue weighted by molar-refractivity contribution is 6.31. The van der Waals surface area contributed by atoms with E-state index in [2.05, 4.69) is 6.58 Å². The number of hydrogen-bond donors (Lipinski definition) is 0. The first-order valence-corrected chi connectivity index (χ1v) is 4.76. The molecule has 0 radical (unpaired) electrons. The van der Waals surface area contributed by atoms with Gasteiger partial charge in [0.05, 0.1) is 0 Å². The molecule has 1 aromatic rings. The van der Waals surface area contributed by atoms with Crippen LogP contribution in [-0.4, -0.2) is 5.78 Å². The summed E-state index contributed by atoms with van der Waals surface area (Å²) in [6.45, 7) is 3.61. The molecule has 14 heavy (non-hydrogen) atoms. The normalized spacial score (nSPS) is 14.6. The molecule has 1 nitrogen and oxygen atoms in total. The highest BCUT2D eigenvalue weighted by Crippen LogP contribution is 2.24. The molecule has 0 bridgehead atoms. The van der Waals surface area contributed by atoms with Crippen LogP contribution in [0.1, 0.15) is 15.9 Å². The smallest absolute Gasteiger partial charge is 0.193 e. The number of Topliss-reactive ketones (excluding diaryl/α,β-unsaturated/α-hetero) is 1. The Balaban J connectivity index is 2.55. The van der Waals surface area contributed by atoms with Crippen LogP contribution in [0.2, 0.25) is 5.02 Å². The average molecular weight is 205 g/mol. The van der Waals surface area contributed by atoms with Crippen LogP contribution >= 0.6 is 11.6 Å². The van der Waals surface area contributed by atoms with Gasteiger partial charge in [-0.1, -0.05) is 36.4 Å². The Hall–Kier alpha value is -1.34. The van der Waals surface area contributed by atoms with Gasteiger partial charge in [-0.15, -0.1) is 0 Å². The van der Waals surface area contributed by atoms with E-state index in [4.69, 9.17) is 11.6 Å². The average Bonchev–Trinajstić information content (AvgIpc) is 2.20. The van der Waals surface area contributed by atoms with Crippen LogP contribution in [0.4, 0.5) is 0 Å². The van der Waals surface area contributed by atoms with E-state index in [0.717, 1.165) is 12.0 Å². The molecule has 2 heteroatoms. The fourth-order valence-corrected chi connectivity index (χ4v) is 1.75. The van der Waals surface area contributed by atoms with Gasteiger partial charge in [0, 0.05) is 16.2 Å². The van der Waals surface area contributed by atoms with Crippen LogP contribution in [0, 0.1) is 0 Å². The van der Waals surface area contributed by atoms with Gasteiger partial charge in [0.25, 0.3) is 0 Å². The molecule has 0 atom stereocenters. The molecule has 0 amide bonds. The summed E-state index contributed by atoms with van der Waals surface area (Å²) in [5.74, 6) is 0.0174. The highest BCUT2D eigenvalue weighted by atomic mass is 35.5. The van der Waals surface area contributed by atoms with Crippen molar-refractivity contribution >= 4 is 17.4 Å². The quantitative estimate of drug-likeness (QED) is 0.687. The highest BCUT2D eigenvalue weighted by Gasteiger charge is 2.18. The van der Waals surface area contributed by atoms with Crippen molar-refractivity contribution in [2.75, 3.05) is 0 Å². The predicted molar refractivity (Wildman–Crippen MR) is 57.8 cm³/mol. The second-order valence-electron chi connectivity index (χ2n) is 3.20. The number of fused-ring (bicyclic) bond motifs is 1. The Bertz CT molecular complexity index is 444. The number of ketones is 1. The second-order valence-corrected chi connectivity index (χ2v) is 3.63. The number of halogens is 1. The Morgan fingerprint density at radius 2 is 2.21 bits per heavy atom. The van der Waals surface area contributed by atoms with Crippen molar-refractivity contribution in [2.24, 2.45) is 0 Å². The van der Waals surface area contributed by atoms with E-state index in [1.54, 1.807) is 18.2 Å². The number of carbonyl (C=O) groups excluding carboxylic acids is 1. The molecular weight excluding hydrogens is 196 g/mol. The van der Waals surface area contributed by atoms with Crippen molar-refractivity contribution in [1.29, 1.82) is 0 Å². The summed E-state index contributed by atoms with van der Waals surface area (Å²) in [4.78, 5) is 11.8. The first-order chi connectivity index (χ1) is 6.72. The molecule has 0 saturated carbocycles. The van der Waals surface area contributed by atoms with E-state index in [9.17, 15) is 4.79 Å². The lowest BCUT2D eigenvalue weighted by molar-refractivity contribution is 0.103. The van der Waals surface area contributed by atoms with Crippen LogP contribution < -0.4 is 0 Å². The number of hydrogen-bond acceptors (Lipinski definition) is 1. The molecule has 0 heterocycles. The standard InChI is InChI=1S/C12H9ClO/c1-2-8-3-4-9-5-6-10(13)7-11(9)12(8)14/h2-3,5-7H,1,4H2. The van der Waals surface area contributed by atoms with Gasteiger partial charge in [-0.3, -0.25) is 4.79 Å². The van der Waals surface area contributed by atoms with Crippen molar-refractivity contribution in [2.45, 2.75) is 6.42 Å². The Labute approximate surface area is 87.7 Å². The first-order valence-electron chi connectivity index (χ1n) is 4.38. The molecule has 2 rings (SSSR count). The zero-order valence-electron chi connectivity index (χ0n) is 7.59. The van der Waals surface area contributed by atoms with Crippen molar-refractivity contribution in [3.05, 3.63) is 58.7 Å². The lowest BCUT2D eigenvalue weighted by Gasteiger charge is -2.13. The van der Waals surface area contributed by atoms with Crippen molar-refractivity contribution < 1.29 is 4.79 Å². The summed E-state index contributed by atoms with van der Waals surface area (Å²) in [5.41, 5.74) is 2.40. The topological polar surface area (TPSA) is 17.1 Å². The van der Waals surface area contributed by atoms with E-state index in [1.165, 1.54) is 0 Å². The summed E-state index contributed by atoms with van der Waals surface area (Å²) >= 11 is 5.84. The zero-order valence-corrected chi connectivity index (χ0v) is 8.34. The molecule has 0 N–H and O–H groups in total. The summed E-state index contributed by atoms with van der Waals surface area (Å²) in [6.07, 6.45) is 4.26. The van der Waals surface area contributed by atoms with Crippen molar-refractivity contribution in [3.8, 4) is 0 Å². The third-order valence-electron chi connectivity index (χ3n) is 2.34. The lowest BCUT2D eigenvalue weighted by Crippen LogP contribution is -2.10. The molecule has 0 unspecified atom stereocenters. The summed E-state index contributed by atoms with van der Waals surface area (Å²) in [7, 11) is 0. The molecule has 0 saturated heterocycles.